The van der Waals surface area contributed by atoms with E-state index in [1.165, 1.54) is 30.8 Å². The number of rotatable bonds is 6. The number of hydrogen-bond acceptors (Lipinski definition) is 10. The molecule has 2 N–H and O–H groups in total. The van der Waals surface area contributed by atoms with E-state index in [4.69, 9.17) is 0 Å². The van der Waals surface area contributed by atoms with Crippen LogP contribution in [0, 0.1) is 0 Å². The zero-order chi connectivity index (χ0) is 41.4. The van der Waals surface area contributed by atoms with Crippen LogP contribution >= 0.6 is 0 Å². The molecule has 4 atom stereocenters. The highest BCUT2D eigenvalue weighted by Gasteiger charge is 2.41. The van der Waals surface area contributed by atoms with Crippen molar-refractivity contribution in [2.24, 2.45) is 0 Å². The Labute approximate surface area is 316 Å². The number of nitrogens with zero attached hydrogens (tertiary/aromatic N) is 8. The number of amides is 2. The minimum Gasteiger partial charge on any atom is -0.329 e. The molecule has 0 radical (unpaired) electrons. The summed E-state index contributed by atoms with van der Waals surface area (Å²) < 4.78 is 130. The third-order valence-corrected chi connectivity index (χ3v) is 12.8. The average Bonchev–Trinajstić information content (AvgIpc) is 3.87. The number of aromatic amines is 2. The number of hydrogen-bond donors (Lipinski definition) is 2. The van der Waals surface area contributed by atoms with Crippen molar-refractivity contribution in [2.75, 3.05) is 26.2 Å². The minimum atomic E-state index is -4.54. The van der Waals surface area contributed by atoms with Crippen LogP contribution in [0.1, 0.15) is 59.8 Å². The van der Waals surface area contributed by atoms with E-state index in [1.54, 1.807) is 27.7 Å². The normalized spacial score (nSPS) is 21.7. The monoisotopic (exact) mass is 834 g/mol. The van der Waals surface area contributed by atoms with E-state index in [0.29, 0.717) is 0 Å². The fourth-order valence-electron chi connectivity index (χ4n) is 6.55. The van der Waals surface area contributed by atoms with Gasteiger partial charge in [-0.25, -0.2) is 16.8 Å². The van der Waals surface area contributed by atoms with Crippen molar-refractivity contribution >= 4 is 31.9 Å². The van der Waals surface area contributed by atoms with Crippen LogP contribution in [0.4, 0.5) is 26.3 Å². The predicted molar refractivity (Wildman–Crippen MR) is 183 cm³/mol. The van der Waals surface area contributed by atoms with Crippen LogP contribution in [0.25, 0.3) is 0 Å². The largest absolute Gasteiger partial charge is 0.416 e. The summed E-state index contributed by atoms with van der Waals surface area (Å²) in [7, 11) is -8.00. The molecule has 2 fully saturated rings. The number of nitrogens with one attached hydrogen (secondary N) is 2. The third kappa shape index (κ3) is 8.86. The number of aromatic nitrogens is 6. The zero-order valence-corrected chi connectivity index (χ0v) is 31.7. The molecule has 2 saturated heterocycles. The number of sulfonamides is 2. The highest BCUT2D eigenvalue weighted by Crippen LogP contribution is 2.32. The second-order valence-corrected chi connectivity index (χ2v) is 17.1. The van der Waals surface area contributed by atoms with Crippen molar-refractivity contribution in [3.05, 3.63) is 83.4 Å². The molecule has 2 aliphatic heterocycles. The second-order valence-electron chi connectivity index (χ2n) is 13.2. The summed E-state index contributed by atoms with van der Waals surface area (Å²) in [6.45, 7) is 6.83. The Hall–Kier alpha value is -4.94. The molecule has 56 heavy (non-hydrogen) atoms. The van der Waals surface area contributed by atoms with E-state index in [2.05, 4.69) is 30.8 Å². The molecule has 16 nitrogen and oxygen atoms in total. The summed E-state index contributed by atoms with van der Waals surface area (Å²) in [5, 5.41) is 19.4. The lowest BCUT2D eigenvalue weighted by atomic mass is 10.1. The molecular weight excluding hydrogens is 799 g/mol. The summed E-state index contributed by atoms with van der Waals surface area (Å²) >= 11 is 0. The van der Waals surface area contributed by atoms with Gasteiger partial charge in [0.1, 0.15) is 0 Å². The molecule has 4 heterocycles. The van der Waals surface area contributed by atoms with Crippen LogP contribution in [0.15, 0.2) is 70.7 Å². The number of carbonyl (C=O) groups is 2. The van der Waals surface area contributed by atoms with E-state index in [1.807, 2.05) is 0 Å². The highest BCUT2D eigenvalue weighted by atomic mass is 32.2. The van der Waals surface area contributed by atoms with Crippen molar-refractivity contribution < 1.29 is 52.8 Å². The van der Waals surface area contributed by atoms with E-state index in [0.717, 1.165) is 48.5 Å². The number of carbonyl (C=O) groups excluding carboxylic acids is 2. The van der Waals surface area contributed by atoms with Crippen LogP contribution in [0.2, 0.25) is 0 Å². The van der Waals surface area contributed by atoms with Crippen molar-refractivity contribution in [1.29, 1.82) is 0 Å². The molecule has 24 heteroatoms. The van der Waals surface area contributed by atoms with Gasteiger partial charge < -0.3 is 9.80 Å². The van der Waals surface area contributed by atoms with Gasteiger partial charge >= 0.3 is 12.4 Å². The summed E-state index contributed by atoms with van der Waals surface area (Å²) in [5.41, 5.74) is -1.59. The van der Waals surface area contributed by atoms with Crippen molar-refractivity contribution in [2.45, 2.75) is 74.0 Å². The van der Waals surface area contributed by atoms with E-state index >= 15 is 0 Å². The van der Waals surface area contributed by atoms with Crippen LogP contribution in [0.3, 0.4) is 0 Å². The Morgan fingerprint density at radius 3 is 1.09 bits per heavy atom. The Morgan fingerprint density at radius 2 is 0.857 bits per heavy atom. The highest BCUT2D eigenvalue weighted by molar-refractivity contribution is 7.89. The topological polar surface area (TPSA) is 199 Å². The summed E-state index contributed by atoms with van der Waals surface area (Å²) in [5.74, 6) is -0.749. The standard InChI is InChI=1S/2C16H18F3N5O3S/c2*1-10-8-23(9-11(2)24(10)15(25)14-7-20-22-21-14)28(26,27)13-5-3-12(4-6-13)16(17,18)19/h2*3-7,10-11H,8-9H2,1-2H3,(H,20,21,22)/t2*10-,11+. The first-order valence-electron chi connectivity index (χ1n) is 16.7. The number of H-pyrrole nitrogens is 2. The first kappa shape index (κ1) is 42.2. The Balaban J connectivity index is 0.000000214. The molecule has 2 amide bonds. The first-order chi connectivity index (χ1) is 26.0. The number of piperazine rings is 2. The molecule has 2 aliphatic rings. The van der Waals surface area contributed by atoms with Gasteiger partial charge in [0, 0.05) is 50.3 Å². The number of benzene rings is 2. The Bertz CT molecular complexity index is 2020. The molecule has 0 unspecified atom stereocenters. The lowest BCUT2D eigenvalue weighted by molar-refractivity contribution is -0.138. The quantitative estimate of drug-likeness (QED) is 0.271. The van der Waals surface area contributed by atoms with Crippen LogP contribution < -0.4 is 0 Å². The summed E-state index contributed by atoms with van der Waals surface area (Å²) in [4.78, 5) is 27.7. The second kappa shape index (κ2) is 15.9. The van der Waals surface area contributed by atoms with Crippen LogP contribution in [-0.4, -0.2) is 128 Å². The molecule has 304 valence electrons. The van der Waals surface area contributed by atoms with Gasteiger partial charge in [0.05, 0.1) is 33.3 Å². The van der Waals surface area contributed by atoms with E-state index in [9.17, 15) is 52.8 Å². The first-order valence-corrected chi connectivity index (χ1v) is 19.6. The molecule has 0 aliphatic carbocycles. The van der Waals surface area contributed by atoms with Gasteiger partial charge in [-0.05, 0) is 76.2 Å². The number of halogens is 6. The molecule has 0 saturated carbocycles. The maximum Gasteiger partial charge on any atom is 0.416 e. The number of alkyl halides is 6. The fraction of sp³-hybridized carbons (Fsp3) is 0.438. The lowest BCUT2D eigenvalue weighted by Crippen LogP contribution is -2.59. The van der Waals surface area contributed by atoms with Gasteiger partial charge in [0.15, 0.2) is 11.4 Å². The predicted octanol–water partition coefficient (Wildman–Crippen LogP) is 3.49. The summed E-state index contributed by atoms with van der Waals surface area (Å²) in [6, 6.07) is 4.90. The Kier molecular flexibility index (Phi) is 12.0. The van der Waals surface area contributed by atoms with Crippen molar-refractivity contribution in [1.82, 2.24) is 49.2 Å². The van der Waals surface area contributed by atoms with E-state index in [-0.39, 0.29) is 59.2 Å². The molecule has 0 spiro atoms. The van der Waals surface area contributed by atoms with Crippen molar-refractivity contribution in [3.63, 3.8) is 0 Å². The van der Waals surface area contributed by atoms with E-state index < -0.39 is 67.7 Å². The molecular formula is C32H36F6N10O6S2. The molecule has 0 bridgehead atoms. The van der Waals surface area contributed by atoms with Gasteiger partial charge in [-0.3, -0.25) is 9.59 Å². The van der Waals surface area contributed by atoms with Crippen LogP contribution in [0.5, 0.6) is 0 Å². The summed E-state index contributed by atoms with van der Waals surface area (Å²) in [6.07, 6.45) is -6.52. The molecule has 2 aromatic heterocycles. The zero-order valence-electron chi connectivity index (χ0n) is 30.0. The molecule has 2 aromatic carbocycles. The Morgan fingerprint density at radius 1 is 0.571 bits per heavy atom. The average molecular weight is 835 g/mol. The smallest absolute Gasteiger partial charge is 0.329 e. The molecule has 4 aromatic rings. The maximum atomic E-state index is 12.9. The lowest BCUT2D eigenvalue weighted by Gasteiger charge is -2.43. The third-order valence-electron chi connectivity index (χ3n) is 9.15. The van der Waals surface area contributed by atoms with Gasteiger partial charge in [-0.15, -0.1) is 0 Å². The SMILES string of the molecule is C[C@@H]1CN(S(=O)(=O)c2ccc(C(F)(F)F)cc2)C[C@H](C)N1C(=O)c1cn[nH]n1.C[C@@H]1CN(S(=O)(=O)c2ccc(C(F)(F)F)cc2)C[C@H](C)N1C(=O)c1cn[nH]n1. The maximum absolute atomic E-state index is 12.9. The van der Waals surface area contributed by atoms with Gasteiger partial charge in [0.25, 0.3) is 11.8 Å². The fourth-order valence-corrected chi connectivity index (χ4v) is 9.75. The van der Waals surface area contributed by atoms with Crippen molar-refractivity contribution in [3.8, 4) is 0 Å². The molecule has 6 rings (SSSR count). The minimum absolute atomic E-state index is 0.0112. The van der Waals surface area contributed by atoms with Gasteiger partial charge in [0.2, 0.25) is 20.0 Å². The van der Waals surface area contributed by atoms with Gasteiger partial charge in [-0.1, -0.05) is 0 Å². The van der Waals surface area contributed by atoms with Gasteiger partial charge in [-0.2, -0.15) is 65.8 Å². The van der Waals surface area contributed by atoms with Crippen LogP contribution in [-0.2, 0) is 32.4 Å².